The maximum absolute atomic E-state index is 2.30. The largest absolute Gasteiger partial charge is 0.0713 e. The summed E-state index contributed by atoms with van der Waals surface area (Å²) in [6.07, 6.45) is 0. The van der Waals surface area contributed by atoms with Gasteiger partial charge in [0, 0.05) is 5.41 Å². The number of rotatable bonds is 3. The molecule has 0 N–H and O–H groups in total. The van der Waals surface area contributed by atoms with Crippen molar-refractivity contribution in [2.75, 3.05) is 0 Å². The standard InChI is InChI=1S/C25H18.C15H14.C12H10.C10H8.4C6H6.11C5H12.2C2H6/c1-3-11-19(12-4-1)25(20-13-5-2-6-14-20)23-17-9-7-15-21(23)22-16-8-10-18-24(22)25;1-15(2)13-9-5-3-7-11(13)12-8-4-6-10-14(12)15;1-3-7-11(8-4-1)12-9-5-2-6-10-12;1-2-6-10-8-4-3-7-9(10)5-1;4*1-2-4-6-5-3-1;11*1-5(2,3)4;2*1-2/h1-18H;3-10H,1-2H3;1-10H;1-8H;4*1-6H;11*1-4H3;2*1-2H3. The molecular weight excluding hydrogens is 1740 g/mol. The van der Waals surface area contributed by atoms with Crippen LogP contribution < -0.4 is 0 Å². The van der Waals surface area contributed by atoms with Gasteiger partial charge in [-0.1, -0.05) is 759 Å². The van der Waals surface area contributed by atoms with E-state index in [1.807, 2.05) is 185 Å². The first-order chi connectivity index (χ1) is 66.6. The monoisotopic (exact) mass is 1960 g/mol. The lowest BCUT2D eigenvalue weighted by Crippen LogP contribution is -2.28. The van der Waals surface area contributed by atoms with Crippen molar-refractivity contribution in [3.8, 4) is 33.4 Å². The number of benzene rings is 14. The second kappa shape index (κ2) is 74.3. The van der Waals surface area contributed by atoms with Crippen molar-refractivity contribution in [1.29, 1.82) is 0 Å². The van der Waals surface area contributed by atoms with E-state index in [0.717, 1.165) is 0 Å². The summed E-state index contributed by atoms with van der Waals surface area (Å²) in [6, 6.07) is 142. The van der Waals surface area contributed by atoms with Crippen molar-refractivity contribution >= 4 is 10.8 Å². The van der Waals surface area contributed by atoms with Gasteiger partial charge in [-0.3, -0.25) is 0 Å². The highest BCUT2D eigenvalue weighted by atomic mass is 14.5. The molecule has 0 bridgehead atoms. The average molecular weight is 1960 g/mol. The first-order valence-corrected chi connectivity index (χ1v) is 53.6. The van der Waals surface area contributed by atoms with Gasteiger partial charge in [-0.25, -0.2) is 0 Å². The Balaban J connectivity index is -0.000000491. The van der Waals surface area contributed by atoms with E-state index in [9.17, 15) is 0 Å². The lowest BCUT2D eigenvalue weighted by molar-refractivity contribution is 0.469. The van der Waals surface area contributed by atoms with Crippen LogP contribution in [0.2, 0.25) is 0 Å². The number of hydrogen-bond acceptors (Lipinski definition) is 0. The number of fused-ring (bicyclic) bond motifs is 7. The highest BCUT2D eigenvalue weighted by Gasteiger charge is 2.45. The topological polar surface area (TPSA) is 0 Å². The molecule has 0 aliphatic heterocycles. The van der Waals surface area contributed by atoms with Crippen LogP contribution >= 0.6 is 0 Å². The Morgan fingerprint density at radius 3 is 0.379 bits per heavy atom. The fraction of sp³-hybridized carbons (Fsp3) is 0.434. The molecule has 0 aromatic heterocycles. The van der Waals surface area contributed by atoms with Gasteiger partial charge < -0.3 is 0 Å². The molecule has 0 saturated carbocycles. The highest BCUT2D eigenvalue weighted by molar-refractivity contribution is 5.86. The molecule has 14 aromatic rings. The molecule has 798 valence electrons. The Kier molecular flexibility index (Phi) is 73.1. The van der Waals surface area contributed by atoms with Gasteiger partial charge in [0.05, 0.1) is 5.41 Å². The van der Waals surface area contributed by atoms with Crippen molar-refractivity contribution in [3.05, 3.63) is 446 Å². The summed E-state index contributed by atoms with van der Waals surface area (Å²) < 4.78 is 0. The van der Waals surface area contributed by atoms with Crippen LogP contribution in [-0.2, 0) is 10.8 Å². The van der Waals surface area contributed by atoms with E-state index in [1.54, 1.807) is 0 Å². The minimum absolute atomic E-state index is 0.160. The summed E-state index contributed by atoms with van der Waals surface area (Å²) in [4.78, 5) is 0. The van der Waals surface area contributed by atoms with Crippen LogP contribution in [0.5, 0.6) is 0 Å². The molecule has 0 spiro atoms. The fourth-order valence-corrected chi connectivity index (χ4v) is 11.0. The van der Waals surface area contributed by atoms with Crippen molar-refractivity contribution in [2.24, 2.45) is 59.6 Å². The van der Waals surface area contributed by atoms with Crippen LogP contribution in [0.4, 0.5) is 0 Å². The van der Waals surface area contributed by atoms with E-state index >= 15 is 0 Å². The van der Waals surface area contributed by atoms with E-state index in [4.69, 9.17) is 0 Å². The van der Waals surface area contributed by atoms with Gasteiger partial charge in [-0.15, -0.1) is 0 Å². The minimum atomic E-state index is -0.254. The van der Waals surface area contributed by atoms with Gasteiger partial charge in [0.2, 0.25) is 0 Å². The maximum atomic E-state index is 2.30. The molecule has 14 aromatic carbocycles. The molecule has 16 rings (SSSR count). The third-order valence-electron chi connectivity index (χ3n) is 15.1. The quantitative estimate of drug-likeness (QED) is 0.165. The Hall–Kier alpha value is -10.7. The fourth-order valence-electron chi connectivity index (χ4n) is 11.0. The van der Waals surface area contributed by atoms with E-state index in [2.05, 4.69) is 573 Å². The zero-order chi connectivity index (χ0) is 113. The smallest absolute Gasteiger partial charge is 0.0683 e. The third kappa shape index (κ3) is 95.3. The summed E-state index contributed by atoms with van der Waals surface area (Å²) in [6.45, 7) is 109. The molecule has 2 aliphatic rings. The maximum Gasteiger partial charge on any atom is 0.0713 e. The third-order valence-corrected chi connectivity index (χ3v) is 15.1. The zero-order valence-corrected chi connectivity index (χ0v) is 103. The van der Waals surface area contributed by atoms with E-state index < -0.39 is 0 Å². The average Bonchev–Trinajstić information content (AvgIpc) is 1.54. The van der Waals surface area contributed by atoms with Crippen LogP contribution in [0.15, 0.2) is 413 Å². The van der Waals surface area contributed by atoms with Gasteiger partial charge in [0.15, 0.2) is 0 Å². The second-order valence-corrected chi connectivity index (χ2v) is 54.0. The summed E-state index contributed by atoms with van der Waals surface area (Å²) >= 11 is 0. The molecule has 0 nitrogen and oxygen atoms in total. The van der Waals surface area contributed by atoms with Crippen molar-refractivity contribution < 1.29 is 0 Å². The van der Waals surface area contributed by atoms with Crippen molar-refractivity contribution in [3.63, 3.8) is 0 Å². The Bertz CT molecular complexity index is 4500. The molecule has 0 heterocycles. The van der Waals surface area contributed by atoms with Crippen LogP contribution in [0.1, 0.15) is 380 Å². The van der Waals surface area contributed by atoms with Gasteiger partial charge in [0.25, 0.3) is 0 Å². The second-order valence-electron chi connectivity index (χ2n) is 54.0. The molecule has 0 amide bonds. The van der Waals surface area contributed by atoms with E-state index in [-0.39, 0.29) is 10.8 Å². The van der Waals surface area contributed by atoms with Crippen LogP contribution in [0, 0.1) is 59.6 Å². The summed E-state index contributed by atoms with van der Waals surface area (Å²) in [7, 11) is 0. The Labute approximate surface area is 900 Å². The van der Waals surface area contributed by atoms with Gasteiger partial charge >= 0.3 is 0 Å². The summed E-state index contributed by atoms with van der Waals surface area (Å²) in [5.41, 5.74) is 21.7. The predicted octanol–water partition coefficient (Wildman–Crippen LogP) is 47.6. The molecule has 0 atom stereocenters. The van der Waals surface area contributed by atoms with Crippen LogP contribution in [0.3, 0.4) is 0 Å². The molecule has 0 fully saturated rings. The molecule has 0 saturated heterocycles. The predicted molar refractivity (Wildman–Crippen MR) is 668 cm³/mol. The van der Waals surface area contributed by atoms with E-state index in [1.165, 1.54) is 77.5 Å². The lowest BCUT2D eigenvalue weighted by atomic mass is 9.68. The Morgan fingerprint density at radius 1 is 0.124 bits per heavy atom. The first kappa shape index (κ1) is 143. The van der Waals surface area contributed by atoms with Crippen LogP contribution in [0.25, 0.3) is 44.2 Å². The highest BCUT2D eigenvalue weighted by Crippen LogP contribution is 2.56. The van der Waals surface area contributed by atoms with Gasteiger partial charge in [0.1, 0.15) is 0 Å². The molecular formula is C145H218. The minimum Gasteiger partial charge on any atom is -0.0683 e. The molecule has 2 aliphatic carbocycles. The molecule has 0 heteroatoms. The normalized spacial score (nSPS) is 11.5. The SMILES string of the molecule is CC.CC.CC(C)(C)C.CC(C)(C)C.CC(C)(C)C.CC(C)(C)C.CC(C)(C)C.CC(C)(C)C.CC(C)(C)C.CC(C)(C)C.CC(C)(C)C.CC(C)(C)C.CC(C)(C)C.CC1(C)c2ccccc2-c2ccccc21.c1ccc(-c2ccccc2)cc1.c1ccc(C2(c3ccccc3)c3ccccc3-c3ccccc32)cc1.c1ccc2ccccc2c1.c1ccccc1.c1ccccc1.c1ccccc1.c1ccccc1. The molecule has 0 radical (unpaired) electrons. The van der Waals surface area contributed by atoms with Gasteiger partial charge in [-0.05, 0) is 137 Å². The van der Waals surface area contributed by atoms with Crippen molar-refractivity contribution in [2.45, 2.75) is 357 Å². The Morgan fingerprint density at radius 2 is 0.228 bits per heavy atom. The molecule has 145 heavy (non-hydrogen) atoms. The van der Waals surface area contributed by atoms with Crippen molar-refractivity contribution in [1.82, 2.24) is 0 Å². The zero-order valence-electron chi connectivity index (χ0n) is 103. The number of hydrogen-bond donors (Lipinski definition) is 0. The summed E-state index contributed by atoms with van der Waals surface area (Å²) in [5.74, 6) is 0. The van der Waals surface area contributed by atoms with E-state index in [0.29, 0.717) is 59.6 Å². The first-order valence-electron chi connectivity index (χ1n) is 53.6. The van der Waals surface area contributed by atoms with Gasteiger partial charge in [-0.2, -0.15) is 0 Å². The molecule has 0 unspecified atom stereocenters. The lowest BCUT2D eigenvalue weighted by Gasteiger charge is -2.33. The summed E-state index contributed by atoms with van der Waals surface area (Å²) in [5, 5.41) is 2.62. The van der Waals surface area contributed by atoms with Crippen LogP contribution in [-0.4, -0.2) is 0 Å².